The second kappa shape index (κ2) is 48.9. The van der Waals surface area contributed by atoms with E-state index in [2.05, 4.69) is 77.3 Å². The number of cyclic esters (lactones) is 1. The summed E-state index contributed by atoms with van der Waals surface area (Å²) in [6.07, 6.45) is -3.03. The number of rotatable bonds is 37. The number of hydrogen-bond donors (Lipinski definition) is 20. The molecule has 3 rings (SSSR count). The Balaban J connectivity index is 2.25. The molecule has 1 aliphatic heterocycles. The Labute approximate surface area is 661 Å². The number of benzene rings is 1. The number of nitrogens with zero attached hydrogens (tertiary/aromatic N) is 1. The lowest BCUT2D eigenvalue weighted by Crippen LogP contribution is -2.62. The highest BCUT2D eigenvalue weighted by atomic mass is 16.5. The van der Waals surface area contributed by atoms with E-state index < -0.39 is 261 Å². The molecule has 0 radical (unpaired) electrons. The number of para-hydroxylation sites is 1. The van der Waals surface area contributed by atoms with E-state index in [-0.39, 0.29) is 45.1 Å². The fraction of sp³-hybridized carbons (Fsp3) is 0.616. The van der Waals surface area contributed by atoms with Crippen molar-refractivity contribution in [3.63, 3.8) is 0 Å². The van der Waals surface area contributed by atoms with Crippen LogP contribution in [0.3, 0.4) is 0 Å². The Bertz CT molecular complexity index is 3820. The third kappa shape index (κ3) is 34.6. The lowest BCUT2D eigenvalue weighted by Gasteiger charge is -2.32. The molecule has 42 nitrogen and oxygen atoms in total. The van der Waals surface area contributed by atoms with Crippen molar-refractivity contribution in [3.05, 3.63) is 36.0 Å². The largest absolute Gasteiger partial charge is 0.481 e. The predicted molar refractivity (Wildman–Crippen MR) is 403 cm³/mol. The van der Waals surface area contributed by atoms with Crippen LogP contribution in [-0.4, -0.2) is 253 Å². The first kappa shape index (κ1) is 97.3. The Morgan fingerprint density at radius 2 is 1.13 bits per heavy atom. The van der Waals surface area contributed by atoms with Crippen LogP contribution in [0, 0.1) is 17.8 Å². The molecule has 0 bridgehead atoms. The fourth-order valence-electron chi connectivity index (χ4n) is 12.0. The van der Waals surface area contributed by atoms with Gasteiger partial charge in [0.05, 0.1) is 45.2 Å². The number of carboxylic acids is 5. The summed E-state index contributed by atoms with van der Waals surface area (Å²) < 4.78 is 5.79. The third-order valence-electron chi connectivity index (χ3n) is 18.9. The molecule has 15 atom stereocenters. The summed E-state index contributed by atoms with van der Waals surface area (Å²) >= 11 is 0. The number of primary amides is 1. The monoisotopic (exact) mass is 1630 g/mol. The van der Waals surface area contributed by atoms with E-state index in [4.69, 9.17) is 16.2 Å². The van der Waals surface area contributed by atoms with Gasteiger partial charge in [0.15, 0.2) is 0 Å². The third-order valence-corrected chi connectivity index (χ3v) is 18.9. The average Bonchev–Trinajstić information content (AvgIpc) is 1.63. The van der Waals surface area contributed by atoms with Crippen LogP contribution in [0.5, 0.6) is 0 Å². The van der Waals surface area contributed by atoms with Crippen molar-refractivity contribution in [2.24, 2.45) is 29.2 Å². The minimum atomic E-state index is -2.31. The molecule has 1 aromatic carbocycles. The Morgan fingerprint density at radius 3 is 1.74 bits per heavy atom. The molecule has 1 saturated heterocycles. The van der Waals surface area contributed by atoms with E-state index in [1.165, 1.54) is 13.8 Å². The van der Waals surface area contributed by atoms with Gasteiger partial charge in [-0.25, -0.2) is 4.79 Å². The zero-order valence-corrected chi connectivity index (χ0v) is 65.5. The first-order valence-corrected chi connectivity index (χ1v) is 37.8. The van der Waals surface area contributed by atoms with Gasteiger partial charge in [-0.3, -0.25) is 91.1 Å². The molecule has 22 N–H and O–H groups in total. The average molecular weight is 1630 g/mol. The van der Waals surface area contributed by atoms with Gasteiger partial charge >= 0.3 is 35.8 Å². The van der Waals surface area contributed by atoms with Gasteiger partial charge in [0.25, 0.3) is 0 Å². The number of nitrogens with one attached hydrogen (secondary N) is 13. The molecule has 42 heteroatoms. The zero-order valence-electron chi connectivity index (χ0n) is 65.5. The topological polar surface area (TPSA) is 667 Å². The number of fused-ring (bicyclic) bond motifs is 1. The molecule has 115 heavy (non-hydrogen) atoms. The summed E-state index contributed by atoms with van der Waals surface area (Å²) in [5.74, 6) is -29.4. The van der Waals surface area contributed by atoms with Crippen molar-refractivity contribution in [2.45, 2.75) is 243 Å². The first-order chi connectivity index (χ1) is 54.1. The molecule has 1 fully saturated rings. The van der Waals surface area contributed by atoms with Gasteiger partial charge in [0.2, 0.25) is 82.7 Å². The van der Waals surface area contributed by atoms with Gasteiger partial charge in [-0.2, -0.15) is 0 Å². The number of H-pyrrole nitrogens is 1. The second-order valence-corrected chi connectivity index (χ2v) is 28.5. The van der Waals surface area contributed by atoms with Crippen LogP contribution in [0.1, 0.15) is 170 Å². The van der Waals surface area contributed by atoms with E-state index >= 15 is 0 Å². The van der Waals surface area contributed by atoms with Gasteiger partial charge in [-0.05, 0) is 81.9 Å². The number of aromatic nitrogens is 1. The predicted octanol–water partition coefficient (Wildman–Crippen LogP) is -3.58. The molecule has 2 heterocycles. The van der Waals surface area contributed by atoms with Crippen LogP contribution in [0.2, 0.25) is 0 Å². The van der Waals surface area contributed by atoms with Crippen molar-refractivity contribution in [1.82, 2.24) is 73.7 Å². The number of aliphatic carboxylic acids is 5. The van der Waals surface area contributed by atoms with Crippen molar-refractivity contribution in [2.75, 3.05) is 26.7 Å². The minimum absolute atomic E-state index is 0.00626. The lowest BCUT2D eigenvalue weighted by molar-refractivity contribution is -0.159. The minimum Gasteiger partial charge on any atom is -0.481 e. The number of aromatic amines is 1. The van der Waals surface area contributed by atoms with Gasteiger partial charge in [-0.15, -0.1) is 0 Å². The Kier molecular flexibility index (Phi) is 41.4. The Hall–Kier alpha value is -11.9. The van der Waals surface area contributed by atoms with Crippen molar-refractivity contribution in [1.29, 1.82) is 0 Å². The molecule has 638 valence electrons. The van der Waals surface area contributed by atoms with Gasteiger partial charge in [-0.1, -0.05) is 91.3 Å². The van der Waals surface area contributed by atoms with Crippen molar-refractivity contribution >= 4 is 129 Å². The number of amides is 14. The molecule has 14 amide bonds. The van der Waals surface area contributed by atoms with Crippen molar-refractivity contribution in [3.8, 4) is 0 Å². The van der Waals surface area contributed by atoms with E-state index in [0.717, 1.165) is 53.5 Å². The summed E-state index contributed by atoms with van der Waals surface area (Å²) in [4.78, 5) is 276. The number of carbonyl (C=O) groups excluding carboxylic acids is 15. The number of hydrogen-bond acceptors (Lipinski definition) is 22. The molecule has 0 spiro atoms. The molecule has 0 aliphatic carbocycles. The summed E-state index contributed by atoms with van der Waals surface area (Å²) in [5, 5.41) is 77.2. The molecule has 1 aliphatic rings. The molecular weight excluding hydrogens is 1520 g/mol. The molecule has 0 saturated carbocycles. The number of nitrogens with two attached hydrogens (primary N) is 2. The quantitative estimate of drug-likeness (QED) is 0.0230. The van der Waals surface area contributed by atoms with E-state index in [1.807, 2.05) is 5.32 Å². The number of likely N-dealkylation sites (N-methyl/N-ethyl adjacent to an activating group) is 1. The van der Waals surface area contributed by atoms with Crippen LogP contribution < -0.4 is 75.3 Å². The standard InChI is InChI=1S/C73H110N16O26/c1-9-36(3)19-13-11-12-14-23-52(91)79-46(28-41-33-76-43-21-16-15-20-42(41)43)67(108)82-45(24-25-55(94)95)66(107)85-50(32-59(102)103)70(111)88-62-40(7)115-73(114)61(37(4)10-2)87-71(112)60(38(5)27-56(96)97)86-69(110)47(29-51(75)90)80-53(92)34-77-64(105)48(30-57(98)99)84-65(106)44(22-17-18-26-74)81-68(109)49(31-58(100)101)83-63(104)39(6)78-54(93)35-89(8)72(62)113/h15-16,20-21,33,36-40,44-50,60-62,76H,9-14,17-19,22-32,34-35,74H2,1-8H3,(H2,75,90)(H,77,105)(H,78,93)(H,79,91)(H,80,92)(H,81,109)(H,82,108)(H,83,104)(H,84,106)(H,85,107)(H,86,110)(H,87,112)(H,88,111)(H,94,95)(H,96,97)(H,98,99)(H,100,101)(H,102,103). The summed E-state index contributed by atoms with van der Waals surface area (Å²) in [7, 11) is 0.930. The summed E-state index contributed by atoms with van der Waals surface area (Å²) in [6.45, 7) is 8.07. The molecule has 15 unspecified atom stereocenters. The SMILES string of the molecule is CCC(C)CCCCCCC(=O)NC(Cc1c[nH]c2ccccc12)C(=O)NC(CCC(=O)O)C(=O)NC(CC(=O)O)C(=O)NC1C(=O)N(C)CC(=O)NC(C)C(=O)NC(CC(=O)O)C(=O)NC(CCCCN)C(=O)NC(CC(=O)O)C(=O)NCC(=O)NC(CC(N)=O)C(=O)NC(C(C)CC(=O)O)C(=O)NC(C(C)CC)C(=O)OC1C. The van der Waals surface area contributed by atoms with E-state index in [0.29, 0.717) is 40.1 Å². The highest BCUT2D eigenvalue weighted by Gasteiger charge is 2.42. The van der Waals surface area contributed by atoms with E-state index in [9.17, 15) is 121 Å². The highest BCUT2D eigenvalue weighted by Crippen LogP contribution is 2.22. The van der Waals surface area contributed by atoms with E-state index in [1.54, 1.807) is 30.5 Å². The second-order valence-electron chi connectivity index (χ2n) is 28.5. The summed E-state index contributed by atoms with van der Waals surface area (Å²) in [6, 6.07) is -14.6. The Morgan fingerprint density at radius 1 is 0.557 bits per heavy atom. The zero-order chi connectivity index (χ0) is 86.5. The normalized spacial score (nSPS) is 21.9. The molecule has 2 aromatic rings. The number of esters is 1. The van der Waals surface area contributed by atoms with Crippen molar-refractivity contribution < 1.29 is 126 Å². The fourth-order valence-corrected chi connectivity index (χ4v) is 12.0. The first-order valence-electron chi connectivity index (χ1n) is 37.8. The smallest absolute Gasteiger partial charge is 0.329 e. The summed E-state index contributed by atoms with van der Waals surface area (Å²) in [5.41, 5.74) is 12.3. The van der Waals surface area contributed by atoms with Crippen LogP contribution >= 0.6 is 0 Å². The van der Waals surface area contributed by atoms with Gasteiger partial charge < -0.3 is 115 Å². The lowest BCUT2D eigenvalue weighted by atomic mass is 9.94. The number of carbonyl (C=O) groups is 20. The number of unbranched alkanes of at least 4 members (excludes halogenated alkanes) is 4. The van der Waals surface area contributed by atoms with Crippen LogP contribution in [-0.2, 0) is 107 Å². The molecule has 1 aromatic heterocycles. The van der Waals surface area contributed by atoms with Crippen LogP contribution in [0.25, 0.3) is 10.9 Å². The van der Waals surface area contributed by atoms with Gasteiger partial charge in [0, 0.05) is 43.4 Å². The molecular formula is C73H110N16O26. The number of ether oxygens (including phenoxy) is 1. The maximum atomic E-state index is 15.0. The maximum Gasteiger partial charge on any atom is 0.329 e. The maximum absolute atomic E-state index is 15.0. The van der Waals surface area contributed by atoms with Crippen LogP contribution in [0.15, 0.2) is 30.5 Å². The van der Waals surface area contributed by atoms with Crippen LogP contribution in [0.4, 0.5) is 0 Å². The number of carboxylic acid groups (broad SMARTS) is 5. The highest BCUT2D eigenvalue weighted by molar-refractivity contribution is 6.02. The van der Waals surface area contributed by atoms with Gasteiger partial charge in [0.1, 0.15) is 72.6 Å².